The third-order valence-electron chi connectivity index (χ3n) is 7.65. The minimum Gasteiger partial charge on any atom is -0.381 e. The van der Waals surface area contributed by atoms with Crippen LogP contribution in [0.15, 0.2) is 30.5 Å². The third-order valence-corrected chi connectivity index (χ3v) is 7.65. The van der Waals surface area contributed by atoms with Crippen LogP contribution in [0.5, 0.6) is 0 Å². The highest BCUT2D eigenvalue weighted by Gasteiger charge is 2.26. The standard InChI is InChI=1S/C27H35N5O2/c1-31-26(18-32-12-4-3-5-13-32)24(17-28-31)20-8-11-25-21(14-20)15-22(29-30-25)16-27(33)19-6-9-23(34-2)10-7-19/h8,11,14-15,17,19,23H,3-7,9-10,12-13,16,18H2,1-2H3. The van der Waals surface area contributed by atoms with Crippen molar-refractivity contribution in [2.45, 2.75) is 64.0 Å². The second-order valence-electron chi connectivity index (χ2n) is 9.93. The topological polar surface area (TPSA) is 73.1 Å². The van der Waals surface area contributed by atoms with E-state index in [-0.39, 0.29) is 11.7 Å². The van der Waals surface area contributed by atoms with Gasteiger partial charge in [0, 0.05) is 37.6 Å². The number of Topliss-reactive ketones (excluding diaryl/α,β-unsaturated/α-hetero) is 1. The molecule has 0 amide bonds. The lowest BCUT2D eigenvalue weighted by molar-refractivity contribution is -0.124. The fourth-order valence-corrected chi connectivity index (χ4v) is 5.51. The maximum Gasteiger partial charge on any atom is 0.141 e. The zero-order valence-electron chi connectivity index (χ0n) is 20.4. The van der Waals surface area contributed by atoms with E-state index in [0.717, 1.165) is 67.5 Å². The first-order valence-electron chi connectivity index (χ1n) is 12.7. The number of hydrogen-bond donors (Lipinski definition) is 0. The highest BCUT2D eigenvalue weighted by Crippen LogP contribution is 2.30. The summed E-state index contributed by atoms with van der Waals surface area (Å²) >= 11 is 0. The fourth-order valence-electron chi connectivity index (χ4n) is 5.51. The number of carbonyl (C=O) groups is 1. The zero-order chi connectivity index (χ0) is 23.5. The van der Waals surface area contributed by atoms with Gasteiger partial charge in [-0.2, -0.15) is 15.3 Å². The number of fused-ring (bicyclic) bond motifs is 1. The van der Waals surface area contributed by atoms with Gasteiger partial charge in [0.05, 0.1) is 35.6 Å². The Kier molecular flexibility index (Phi) is 7.02. The van der Waals surface area contributed by atoms with Crippen LogP contribution < -0.4 is 0 Å². The molecule has 0 bridgehead atoms. The van der Waals surface area contributed by atoms with Crippen LogP contribution in [0.2, 0.25) is 0 Å². The maximum atomic E-state index is 12.9. The number of methoxy groups -OCH3 is 1. The van der Waals surface area contributed by atoms with Gasteiger partial charge in [0.15, 0.2) is 0 Å². The number of ketones is 1. The number of piperidine rings is 1. The molecule has 0 atom stereocenters. The largest absolute Gasteiger partial charge is 0.381 e. The molecule has 0 radical (unpaired) electrons. The Hall–Kier alpha value is -2.64. The molecule has 0 spiro atoms. The Labute approximate surface area is 201 Å². The van der Waals surface area contributed by atoms with Crippen LogP contribution in [0.4, 0.5) is 0 Å². The number of hydrogen-bond acceptors (Lipinski definition) is 6. The van der Waals surface area contributed by atoms with Crippen molar-refractivity contribution in [1.82, 2.24) is 24.9 Å². The first-order chi connectivity index (χ1) is 16.6. The van der Waals surface area contributed by atoms with E-state index >= 15 is 0 Å². The van der Waals surface area contributed by atoms with E-state index in [1.54, 1.807) is 7.11 Å². The molecule has 5 rings (SSSR count). The van der Waals surface area contributed by atoms with Crippen LogP contribution in [0.25, 0.3) is 22.0 Å². The maximum absolute atomic E-state index is 12.9. The quantitative estimate of drug-likeness (QED) is 0.521. The minimum absolute atomic E-state index is 0.114. The van der Waals surface area contributed by atoms with E-state index in [4.69, 9.17) is 4.74 Å². The Bertz CT molecular complexity index is 1140. The van der Waals surface area contributed by atoms with Gasteiger partial charge in [-0.15, -0.1) is 0 Å². The number of likely N-dealkylation sites (tertiary alicyclic amines) is 1. The molecule has 2 aliphatic rings. The summed E-state index contributed by atoms with van der Waals surface area (Å²) in [6, 6.07) is 8.32. The van der Waals surface area contributed by atoms with E-state index in [1.807, 2.05) is 30.1 Å². The van der Waals surface area contributed by atoms with Crippen molar-refractivity contribution in [3.63, 3.8) is 0 Å². The predicted octanol–water partition coefficient (Wildman–Crippen LogP) is 4.33. The van der Waals surface area contributed by atoms with Gasteiger partial charge >= 0.3 is 0 Å². The lowest BCUT2D eigenvalue weighted by Gasteiger charge is -2.26. The van der Waals surface area contributed by atoms with Crippen LogP contribution in [-0.2, 0) is 29.5 Å². The molecule has 34 heavy (non-hydrogen) atoms. The van der Waals surface area contributed by atoms with Gasteiger partial charge in [-0.3, -0.25) is 14.4 Å². The first-order valence-corrected chi connectivity index (χ1v) is 12.7. The van der Waals surface area contributed by atoms with E-state index in [2.05, 4.69) is 32.3 Å². The molecule has 0 unspecified atom stereocenters. The molecule has 3 heterocycles. The molecule has 180 valence electrons. The van der Waals surface area contributed by atoms with Crippen LogP contribution in [0, 0.1) is 5.92 Å². The molecular weight excluding hydrogens is 426 g/mol. The first kappa shape index (κ1) is 23.1. The molecule has 7 nitrogen and oxygen atoms in total. The van der Waals surface area contributed by atoms with Crippen LogP contribution >= 0.6 is 0 Å². The van der Waals surface area contributed by atoms with Crippen molar-refractivity contribution in [2.24, 2.45) is 13.0 Å². The molecule has 1 saturated heterocycles. The minimum atomic E-state index is 0.114. The smallest absolute Gasteiger partial charge is 0.141 e. The molecule has 2 aromatic heterocycles. The van der Waals surface area contributed by atoms with Crippen LogP contribution in [0.1, 0.15) is 56.3 Å². The lowest BCUT2D eigenvalue weighted by Crippen LogP contribution is -2.30. The Morgan fingerprint density at radius 3 is 2.62 bits per heavy atom. The van der Waals surface area contributed by atoms with Crippen molar-refractivity contribution in [2.75, 3.05) is 20.2 Å². The number of benzene rings is 1. The molecule has 1 aliphatic carbocycles. The number of aryl methyl sites for hydroxylation is 1. The average molecular weight is 462 g/mol. The number of rotatable bonds is 7. The van der Waals surface area contributed by atoms with Gasteiger partial charge in [0.2, 0.25) is 0 Å². The summed E-state index contributed by atoms with van der Waals surface area (Å²) in [5.41, 5.74) is 5.14. The summed E-state index contributed by atoms with van der Waals surface area (Å²) in [6.07, 6.45) is 10.2. The van der Waals surface area contributed by atoms with Gasteiger partial charge < -0.3 is 4.74 Å². The molecule has 1 aliphatic heterocycles. The summed E-state index contributed by atoms with van der Waals surface area (Å²) in [5.74, 6) is 0.387. The zero-order valence-corrected chi connectivity index (χ0v) is 20.4. The second-order valence-corrected chi connectivity index (χ2v) is 9.93. The van der Waals surface area contributed by atoms with Crippen LogP contribution in [-0.4, -0.2) is 57.0 Å². The highest BCUT2D eigenvalue weighted by atomic mass is 16.5. The summed E-state index contributed by atoms with van der Waals surface area (Å²) in [7, 11) is 3.78. The molecule has 1 saturated carbocycles. The average Bonchev–Trinajstić information content (AvgIpc) is 3.24. The Balaban J connectivity index is 1.34. The van der Waals surface area contributed by atoms with E-state index in [1.165, 1.54) is 30.5 Å². The summed E-state index contributed by atoms with van der Waals surface area (Å²) < 4.78 is 7.44. The van der Waals surface area contributed by atoms with Crippen LogP contribution in [0.3, 0.4) is 0 Å². The molecular formula is C27H35N5O2. The number of carbonyl (C=O) groups excluding carboxylic acids is 1. The molecule has 0 N–H and O–H groups in total. The number of aromatic nitrogens is 4. The van der Waals surface area contributed by atoms with Crippen molar-refractivity contribution in [3.05, 3.63) is 41.9 Å². The molecule has 3 aromatic rings. The van der Waals surface area contributed by atoms with E-state index < -0.39 is 0 Å². The van der Waals surface area contributed by atoms with Crippen molar-refractivity contribution in [1.29, 1.82) is 0 Å². The predicted molar refractivity (Wildman–Crippen MR) is 132 cm³/mol. The summed E-state index contributed by atoms with van der Waals surface area (Å²) in [5, 5.41) is 14.4. The van der Waals surface area contributed by atoms with Gasteiger partial charge in [-0.25, -0.2) is 0 Å². The Morgan fingerprint density at radius 2 is 1.85 bits per heavy atom. The van der Waals surface area contributed by atoms with Crippen molar-refractivity contribution in [3.8, 4) is 11.1 Å². The molecule has 2 fully saturated rings. The number of ether oxygens (including phenoxy) is 1. The highest BCUT2D eigenvalue weighted by molar-refractivity contribution is 5.87. The SMILES string of the molecule is COC1CCC(C(=O)Cc2cc3cc(-c4cnn(C)c4CN4CCCCC4)ccc3nn2)CC1. The lowest BCUT2D eigenvalue weighted by atomic mass is 9.83. The normalized spacial score (nSPS) is 21.7. The van der Waals surface area contributed by atoms with E-state index in [9.17, 15) is 4.79 Å². The number of nitrogens with zero attached hydrogens (tertiary/aromatic N) is 5. The van der Waals surface area contributed by atoms with Gasteiger partial charge in [0.1, 0.15) is 5.78 Å². The van der Waals surface area contributed by atoms with Gasteiger partial charge in [-0.05, 0) is 75.4 Å². The molecule has 7 heteroatoms. The fraction of sp³-hybridized carbons (Fsp3) is 0.556. The molecule has 1 aromatic carbocycles. The monoisotopic (exact) mass is 461 g/mol. The summed E-state index contributed by atoms with van der Waals surface area (Å²) in [6.45, 7) is 3.23. The van der Waals surface area contributed by atoms with Crippen molar-refractivity contribution >= 4 is 16.7 Å². The second kappa shape index (κ2) is 10.3. The van der Waals surface area contributed by atoms with Gasteiger partial charge in [-0.1, -0.05) is 12.5 Å². The summed E-state index contributed by atoms with van der Waals surface area (Å²) in [4.78, 5) is 15.4. The van der Waals surface area contributed by atoms with E-state index in [0.29, 0.717) is 12.5 Å². The van der Waals surface area contributed by atoms with Gasteiger partial charge in [0.25, 0.3) is 0 Å². The third kappa shape index (κ3) is 5.05. The van der Waals surface area contributed by atoms with Crippen molar-refractivity contribution < 1.29 is 9.53 Å². The Morgan fingerprint density at radius 1 is 1.06 bits per heavy atom.